The molecule has 1 heterocycles. The number of para-hydroxylation sites is 1. The molecule has 0 aliphatic carbocycles. The van der Waals surface area contributed by atoms with E-state index in [2.05, 4.69) is 18.8 Å². The van der Waals surface area contributed by atoms with Gasteiger partial charge in [0, 0.05) is 10.8 Å². The van der Waals surface area contributed by atoms with Crippen LogP contribution in [-0.2, 0) is 5.41 Å². The average molecular weight is 308 g/mol. The van der Waals surface area contributed by atoms with Gasteiger partial charge in [-0.2, -0.15) is 0 Å². The molecule has 3 rings (SSSR count). The summed E-state index contributed by atoms with van der Waals surface area (Å²) in [5.74, 6) is 1.34. The quantitative estimate of drug-likeness (QED) is 0.795. The highest BCUT2D eigenvalue weighted by Gasteiger charge is 2.28. The van der Waals surface area contributed by atoms with Crippen LogP contribution >= 0.6 is 0 Å². The molecule has 2 aromatic carbocycles. The van der Waals surface area contributed by atoms with E-state index >= 15 is 0 Å². The van der Waals surface area contributed by atoms with E-state index in [-0.39, 0.29) is 11.2 Å². The molecule has 0 atom stereocenters. The summed E-state index contributed by atoms with van der Waals surface area (Å²) < 4.78 is 5.13. The predicted octanol–water partition coefficient (Wildman–Crippen LogP) is 3.98. The highest BCUT2D eigenvalue weighted by atomic mass is 16.5. The third kappa shape index (κ3) is 2.61. The van der Waals surface area contributed by atoms with Crippen molar-refractivity contribution < 1.29 is 9.84 Å². The number of aromatic hydroxyl groups is 1. The van der Waals surface area contributed by atoms with Gasteiger partial charge in [0.05, 0.1) is 18.3 Å². The van der Waals surface area contributed by atoms with Crippen LogP contribution in [0.15, 0.2) is 42.5 Å². The second-order valence-electron chi connectivity index (χ2n) is 6.15. The summed E-state index contributed by atoms with van der Waals surface area (Å²) >= 11 is 0. The number of phenols is 1. The molecular weight excluding hydrogens is 288 g/mol. The van der Waals surface area contributed by atoms with Crippen LogP contribution in [0.1, 0.15) is 30.9 Å². The van der Waals surface area contributed by atoms with Gasteiger partial charge >= 0.3 is 0 Å². The molecule has 0 amide bonds. The summed E-state index contributed by atoms with van der Waals surface area (Å²) in [6.07, 6.45) is 0. The second-order valence-corrected chi connectivity index (χ2v) is 6.15. The molecular formula is C19H20N2O2. The number of aromatic nitrogens is 2. The van der Waals surface area contributed by atoms with Crippen molar-refractivity contribution in [2.75, 3.05) is 7.11 Å². The fourth-order valence-electron chi connectivity index (χ4n) is 2.88. The van der Waals surface area contributed by atoms with Crippen LogP contribution in [0.3, 0.4) is 0 Å². The molecule has 0 aliphatic rings. The fraction of sp³-hybridized carbons (Fsp3) is 0.263. The topological polar surface area (TPSA) is 55.2 Å². The molecule has 118 valence electrons. The lowest BCUT2D eigenvalue weighted by molar-refractivity contribution is 0.372. The van der Waals surface area contributed by atoms with E-state index in [1.807, 2.05) is 37.3 Å². The Balaban J connectivity index is 2.22. The Kier molecular flexibility index (Phi) is 3.68. The maximum absolute atomic E-state index is 10.1. The van der Waals surface area contributed by atoms with Gasteiger partial charge < -0.3 is 9.84 Å². The first kappa shape index (κ1) is 15.3. The minimum atomic E-state index is -0.378. The molecule has 0 fully saturated rings. The van der Waals surface area contributed by atoms with E-state index < -0.39 is 0 Å². The SMILES string of the molecule is COc1ccc(C(C)(C)c2nc(C)nc3ccccc23)cc1O. The second kappa shape index (κ2) is 5.54. The molecule has 0 saturated heterocycles. The normalized spacial score (nSPS) is 11.7. The number of fused-ring (bicyclic) bond motifs is 1. The van der Waals surface area contributed by atoms with Gasteiger partial charge in [0.1, 0.15) is 5.82 Å². The number of ether oxygens (including phenoxy) is 1. The van der Waals surface area contributed by atoms with Gasteiger partial charge in [0.15, 0.2) is 11.5 Å². The molecule has 0 radical (unpaired) electrons. The lowest BCUT2D eigenvalue weighted by atomic mass is 9.79. The van der Waals surface area contributed by atoms with Crippen LogP contribution in [0.2, 0.25) is 0 Å². The van der Waals surface area contributed by atoms with Crippen molar-refractivity contribution in [2.45, 2.75) is 26.2 Å². The third-order valence-electron chi connectivity index (χ3n) is 4.21. The van der Waals surface area contributed by atoms with E-state index in [0.29, 0.717) is 5.75 Å². The molecule has 3 aromatic rings. The van der Waals surface area contributed by atoms with Gasteiger partial charge in [-0.1, -0.05) is 38.1 Å². The smallest absolute Gasteiger partial charge is 0.160 e. The number of hydrogen-bond donors (Lipinski definition) is 1. The lowest BCUT2D eigenvalue weighted by Crippen LogP contribution is -2.22. The summed E-state index contributed by atoms with van der Waals surface area (Å²) in [7, 11) is 1.54. The Morgan fingerprint density at radius 1 is 1.04 bits per heavy atom. The zero-order chi connectivity index (χ0) is 16.6. The van der Waals surface area contributed by atoms with Gasteiger partial charge in [-0.25, -0.2) is 9.97 Å². The van der Waals surface area contributed by atoms with Crippen LogP contribution in [0.5, 0.6) is 11.5 Å². The van der Waals surface area contributed by atoms with Crippen LogP contribution in [0.25, 0.3) is 10.9 Å². The summed E-state index contributed by atoms with van der Waals surface area (Å²) in [5, 5.41) is 11.1. The minimum absolute atomic E-state index is 0.133. The van der Waals surface area contributed by atoms with Crippen molar-refractivity contribution >= 4 is 10.9 Å². The number of benzene rings is 2. The first-order chi connectivity index (χ1) is 10.9. The minimum Gasteiger partial charge on any atom is -0.504 e. The monoisotopic (exact) mass is 308 g/mol. The Bertz CT molecular complexity index is 872. The number of hydrogen-bond acceptors (Lipinski definition) is 4. The van der Waals surface area contributed by atoms with Crippen LogP contribution in [0.4, 0.5) is 0 Å². The highest BCUT2D eigenvalue weighted by Crippen LogP contribution is 2.38. The average Bonchev–Trinajstić information content (AvgIpc) is 2.53. The molecule has 0 bridgehead atoms. The molecule has 23 heavy (non-hydrogen) atoms. The zero-order valence-corrected chi connectivity index (χ0v) is 13.8. The summed E-state index contributed by atoms with van der Waals surface area (Å²) in [4.78, 5) is 9.21. The van der Waals surface area contributed by atoms with Crippen molar-refractivity contribution in [3.8, 4) is 11.5 Å². The van der Waals surface area contributed by atoms with E-state index in [4.69, 9.17) is 9.72 Å². The molecule has 1 N–H and O–H groups in total. The summed E-state index contributed by atoms with van der Waals surface area (Å²) in [5.41, 5.74) is 2.47. The lowest BCUT2D eigenvalue weighted by Gasteiger charge is -2.27. The summed E-state index contributed by atoms with van der Waals surface area (Å²) in [6, 6.07) is 13.5. The standard InChI is InChI=1S/C19H20N2O2/c1-12-20-15-8-6-5-7-14(15)18(21-12)19(2,3)13-9-10-17(23-4)16(22)11-13/h5-11,22H,1-4H3. The van der Waals surface area contributed by atoms with Gasteiger partial charge in [-0.05, 0) is 30.7 Å². The van der Waals surface area contributed by atoms with Gasteiger partial charge in [-0.3, -0.25) is 0 Å². The first-order valence-corrected chi connectivity index (χ1v) is 7.55. The Labute approximate surface area is 135 Å². The van der Waals surface area contributed by atoms with E-state index in [1.165, 1.54) is 0 Å². The molecule has 4 heteroatoms. The van der Waals surface area contributed by atoms with E-state index in [0.717, 1.165) is 28.0 Å². The Hall–Kier alpha value is -2.62. The Morgan fingerprint density at radius 2 is 1.78 bits per heavy atom. The molecule has 0 saturated carbocycles. The van der Waals surface area contributed by atoms with E-state index in [9.17, 15) is 5.11 Å². The predicted molar refractivity (Wildman–Crippen MR) is 91.1 cm³/mol. The van der Waals surface area contributed by atoms with Crippen molar-refractivity contribution in [2.24, 2.45) is 0 Å². The molecule has 0 aliphatic heterocycles. The largest absolute Gasteiger partial charge is 0.504 e. The molecule has 0 unspecified atom stereocenters. The molecule has 0 spiro atoms. The van der Waals surface area contributed by atoms with Gasteiger partial charge in [0.25, 0.3) is 0 Å². The maximum Gasteiger partial charge on any atom is 0.160 e. The number of nitrogens with zero attached hydrogens (tertiary/aromatic N) is 2. The first-order valence-electron chi connectivity index (χ1n) is 7.55. The number of rotatable bonds is 3. The summed E-state index contributed by atoms with van der Waals surface area (Å²) in [6.45, 7) is 6.10. The van der Waals surface area contributed by atoms with Crippen molar-refractivity contribution in [1.29, 1.82) is 0 Å². The fourth-order valence-corrected chi connectivity index (χ4v) is 2.88. The van der Waals surface area contributed by atoms with Crippen LogP contribution in [0, 0.1) is 6.92 Å². The van der Waals surface area contributed by atoms with Gasteiger partial charge in [0.2, 0.25) is 0 Å². The Morgan fingerprint density at radius 3 is 2.48 bits per heavy atom. The molecule has 4 nitrogen and oxygen atoms in total. The van der Waals surface area contributed by atoms with Crippen LogP contribution in [-0.4, -0.2) is 22.2 Å². The number of phenolic OH excluding ortho intramolecular Hbond substituents is 1. The van der Waals surface area contributed by atoms with Gasteiger partial charge in [-0.15, -0.1) is 0 Å². The van der Waals surface area contributed by atoms with Crippen molar-refractivity contribution in [3.05, 3.63) is 59.5 Å². The van der Waals surface area contributed by atoms with Crippen molar-refractivity contribution in [3.63, 3.8) is 0 Å². The van der Waals surface area contributed by atoms with Crippen molar-refractivity contribution in [1.82, 2.24) is 9.97 Å². The molecule has 1 aromatic heterocycles. The van der Waals surface area contributed by atoms with Crippen LogP contribution < -0.4 is 4.74 Å². The zero-order valence-electron chi connectivity index (χ0n) is 13.8. The highest BCUT2D eigenvalue weighted by molar-refractivity contribution is 5.82. The number of aryl methyl sites for hydroxylation is 1. The number of methoxy groups -OCH3 is 1. The third-order valence-corrected chi connectivity index (χ3v) is 4.21. The maximum atomic E-state index is 10.1. The van der Waals surface area contributed by atoms with E-state index in [1.54, 1.807) is 19.2 Å².